The van der Waals surface area contributed by atoms with Crippen molar-refractivity contribution in [3.05, 3.63) is 53.5 Å². The van der Waals surface area contributed by atoms with E-state index in [1.807, 2.05) is 41.1 Å². The number of hydrogen-bond donors (Lipinski definition) is 2. The molecule has 34 heavy (non-hydrogen) atoms. The van der Waals surface area contributed by atoms with Crippen LogP contribution in [0.2, 0.25) is 0 Å². The average molecular weight is 462 g/mol. The molecule has 3 heterocycles. The molecule has 1 aliphatic heterocycles. The van der Waals surface area contributed by atoms with Gasteiger partial charge < -0.3 is 25.0 Å². The van der Waals surface area contributed by atoms with Crippen LogP contribution in [-0.2, 0) is 24.5 Å². The van der Waals surface area contributed by atoms with Crippen LogP contribution in [0.5, 0.6) is 0 Å². The molecule has 3 N–H and O–H groups in total. The van der Waals surface area contributed by atoms with Gasteiger partial charge in [-0.2, -0.15) is 0 Å². The number of amides is 1. The molecule has 1 aliphatic rings. The third-order valence-corrected chi connectivity index (χ3v) is 6.06. The number of nitrogen functional groups attached to an aromatic ring is 1. The number of nitrogens with zero attached hydrogens (tertiary/aromatic N) is 4. The summed E-state index contributed by atoms with van der Waals surface area (Å²) in [6.45, 7) is 3.96. The highest BCUT2D eigenvalue weighted by molar-refractivity contribution is 5.90. The van der Waals surface area contributed by atoms with Crippen LogP contribution in [-0.4, -0.2) is 43.7 Å². The summed E-state index contributed by atoms with van der Waals surface area (Å²) in [4.78, 5) is 21.9. The van der Waals surface area contributed by atoms with E-state index in [4.69, 9.17) is 20.6 Å². The smallest absolute Gasteiger partial charge is 0.407 e. The zero-order chi connectivity index (χ0) is 23.9. The standard InChI is InChI=1S/C26H31N5O3/c1-2-3-9-22-28-23-21(11-10-19-12-14-30(15-13-19)26(32)33)16-31(24(23)25(27)29-22)18-34-17-20-7-5-4-6-8-20/h4-8,16,19H,2-3,9,12-15,17-18H2,1H3,(H,32,33)(H2,27,28,29). The largest absolute Gasteiger partial charge is 0.465 e. The van der Waals surface area contributed by atoms with E-state index in [1.165, 1.54) is 4.90 Å². The lowest BCUT2D eigenvalue weighted by molar-refractivity contribution is 0.0668. The fourth-order valence-corrected chi connectivity index (χ4v) is 4.14. The molecule has 2 aromatic heterocycles. The summed E-state index contributed by atoms with van der Waals surface area (Å²) in [6.07, 6.45) is 5.36. The van der Waals surface area contributed by atoms with Gasteiger partial charge in [-0.15, -0.1) is 0 Å². The number of carboxylic acid groups (broad SMARTS) is 1. The van der Waals surface area contributed by atoms with Gasteiger partial charge in [-0.05, 0) is 24.8 Å². The van der Waals surface area contributed by atoms with Crippen LogP contribution in [0.25, 0.3) is 11.0 Å². The van der Waals surface area contributed by atoms with E-state index >= 15 is 0 Å². The van der Waals surface area contributed by atoms with Crippen molar-refractivity contribution in [2.75, 3.05) is 18.8 Å². The summed E-state index contributed by atoms with van der Waals surface area (Å²) in [7, 11) is 0. The van der Waals surface area contributed by atoms with Crippen LogP contribution < -0.4 is 5.73 Å². The number of rotatable bonds is 7. The van der Waals surface area contributed by atoms with Gasteiger partial charge in [0.1, 0.15) is 23.6 Å². The van der Waals surface area contributed by atoms with Gasteiger partial charge in [0.2, 0.25) is 0 Å². The topological polar surface area (TPSA) is 107 Å². The van der Waals surface area contributed by atoms with Crippen molar-refractivity contribution in [1.29, 1.82) is 0 Å². The molecular weight excluding hydrogens is 430 g/mol. The van der Waals surface area contributed by atoms with E-state index in [9.17, 15) is 4.79 Å². The fourth-order valence-electron chi connectivity index (χ4n) is 4.14. The zero-order valence-electron chi connectivity index (χ0n) is 19.5. The highest BCUT2D eigenvalue weighted by atomic mass is 16.5. The SMILES string of the molecule is CCCCc1nc(N)c2c(n1)c(C#CC1CCN(C(=O)O)CC1)cn2COCc1ccccc1. The number of aromatic nitrogens is 3. The molecular formula is C26H31N5O3. The second kappa shape index (κ2) is 11.0. The van der Waals surface area contributed by atoms with Gasteiger partial charge in [-0.25, -0.2) is 14.8 Å². The number of nitrogens with two attached hydrogens (primary N) is 1. The molecule has 8 nitrogen and oxygen atoms in total. The molecule has 1 fully saturated rings. The third kappa shape index (κ3) is 5.67. The van der Waals surface area contributed by atoms with Crippen molar-refractivity contribution in [1.82, 2.24) is 19.4 Å². The monoisotopic (exact) mass is 461 g/mol. The Morgan fingerprint density at radius 3 is 2.71 bits per heavy atom. The molecule has 0 atom stereocenters. The van der Waals surface area contributed by atoms with Crippen LogP contribution in [0.4, 0.5) is 10.6 Å². The Morgan fingerprint density at radius 1 is 1.24 bits per heavy atom. The maximum atomic E-state index is 11.2. The van der Waals surface area contributed by atoms with Crippen molar-refractivity contribution in [3.63, 3.8) is 0 Å². The van der Waals surface area contributed by atoms with Gasteiger partial charge in [-0.3, -0.25) is 0 Å². The first-order valence-electron chi connectivity index (χ1n) is 11.8. The Morgan fingerprint density at radius 2 is 2.00 bits per heavy atom. The molecule has 1 aromatic carbocycles. The van der Waals surface area contributed by atoms with E-state index in [1.54, 1.807) is 0 Å². The Balaban J connectivity index is 1.58. The van der Waals surface area contributed by atoms with Crippen LogP contribution in [0.3, 0.4) is 0 Å². The fraction of sp³-hybridized carbons (Fsp3) is 0.423. The van der Waals surface area contributed by atoms with E-state index in [-0.39, 0.29) is 5.92 Å². The highest BCUT2D eigenvalue weighted by Crippen LogP contribution is 2.25. The normalized spacial score (nSPS) is 14.2. The van der Waals surface area contributed by atoms with Crippen LogP contribution in [0.1, 0.15) is 49.6 Å². The molecule has 4 rings (SSSR count). The minimum absolute atomic E-state index is 0.155. The molecule has 0 radical (unpaired) electrons. The maximum absolute atomic E-state index is 11.2. The number of carbonyl (C=O) groups is 1. The predicted molar refractivity (Wildman–Crippen MR) is 131 cm³/mol. The molecule has 0 unspecified atom stereocenters. The van der Waals surface area contributed by atoms with E-state index in [0.717, 1.165) is 60.1 Å². The molecule has 1 saturated heterocycles. The first kappa shape index (κ1) is 23.6. The summed E-state index contributed by atoms with van der Waals surface area (Å²) in [5.74, 6) is 7.96. The number of anilines is 1. The number of likely N-dealkylation sites (tertiary alicyclic amines) is 1. The van der Waals surface area contributed by atoms with E-state index in [2.05, 4.69) is 23.7 Å². The molecule has 178 valence electrons. The molecule has 8 heteroatoms. The second-order valence-corrected chi connectivity index (χ2v) is 8.61. The Kier molecular flexibility index (Phi) is 7.65. The van der Waals surface area contributed by atoms with Crippen molar-refractivity contribution in [2.45, 2.75) is 52.4 Å². The lowest BCUT2D eigenvalue weighted by atomic mass is 9.97. The van der Waals surface area contributed by atoms with Gasteiger partial charge >= 0.3 is 6.09 Å². The van der Waals surface area contributed by atoms with Crippen molar-refractivity contribution < 1.29 is 14.6 Å². The van der Waals surface area contributed by atoms with E-state index in [0.29, 0.717) is 32.2 Å². The second-order valence-electron chi connectivity index (χ2n) is 8.61. The first-order chi connectivity index (χ1) is 16.5. The summed E-state index contributed by atoms with van der Waals surface area (Å²) in [5, 5.41) is 9.16. The lowest BCUT2D eigenvalue weighted by Gasteiger charge is -2.27. The van der Waals surface area contributed by atoms with Crippen molar-refractivity contribution in [2.24, 2.45) is 5.92 Å². The number of aryl methyl sites for hydroxylation is 1. The number of hydrogen-bond acceptors (Lipinski definition) is 5. The number of piperidine rings is 1. The molecule has 0 saturated carbocycles. The Hall–Kier alpha value is -3.57. The summed E-state index contributed by atoms with van der Waals surface area (Å²) in [5.41, 5.74) is 9.75. The third-order valence-electron chi connectivity index (χ3n) is 6.06. The first-order valence-corrected chi connectivity index (χ1v) is 11.8. The zero-order valence-corrected chi connectivity index (χ0v) is 19.5. The number of ether oxygens (including phenoxy) is 1. The predicted octanol–water partition coefficient (Wildman–Crippen LogP) is 4.27. The summed E-state index contributed by atoms with van der Waals surface area (Å²) >= 11 is 0. The van der Waals surface area contributed by atoms with Crippen LogP contribution in [0, 0.1) is 17.8 Å². The van der Waals surface area contributed by atoms with Gasteiger partial charge in [0.25, 0.3) is 0 Å². The number of fused-ring (bicyclic) bond motifs is 1. The molecule has 1 amide bonds. The number of benzene rings is 1. The van der Waals surface area contributed by atoms with Gasteiger partial charge in [0, 0.05) is 31.6 Å². The molecule has 0 bridgehead atoms. The van der Waals surface area contributed by atoms with Crippen LogP contribution in [0.15, 0.2) is 36.5 Å². The highest BCUT2D eigenvalue weighted by Gasteiger charge is 2.21. The molecule has 0 spiro atoms. The summed E-state index contributed by atoms with van der Waals surface area (Å²) < 4.78 is 7.87. The molecule has 0 aliphatic carbocycles. The maximum Gasteiger partial charge on any atom is 0.407 e. The van der Waals surface area contributed by atoms with E-state index < -0.39 is 6.09 Å². The van der Waals surface area contributed by atoms with Gasteiger partial charge in [-0.1, -0.05) is 55.5 Å². The van der Waals surface area contributed by atoms with Crippen molar-refractivity contribution >= 4 is 22.9 Å². The molecule has 3 aromatic rings. The minimum atomic E-state index is -0.864. The lowest BCUT2D eigenvalue weighted by Crippen LogP contribution is -2.37. The van der Waals surface area contributed by atoms with Gasteiger partial charge in [0.05, 0.1) is 12.2 Å². The average Bonchev–Trinajstić information content (AvgIpc) is 3.20. The Bertz CT molecular complexity index is 1190. The number of unbranched alkanes of at least 4 members (excludes halogenated alkanes) is 1. The minimum Gasteiger partial charge on any atom is -0.465 e. The van der Waals surface area contributed by atoms with Gasteiger partial charge in [0.15, 0.2) is 5.82 Å². The summed E-state index contributed by atoms with van der Waals surface area (Å²) in [6, 6.07) is 10.0. The Labute approximate surface area is 199 Å². The van der Waals surface area contributed by atoms with Crippen LogP contribution >= 0.6 is 0 Å². The van der Waals surface area contributed by atoms with Crippen molar-refractivity contribution in [3.8, 4) is 11.8 Å². The quantitative estimate of drug-likeness (QED) is 0.509.